The third-order valence-electron chi connectivity index (χ3n) is 2.98. The molecule has 1 fully saturated rings. The fraction of sp³-hybridized carbons (Fsp3) is 0.833. The number of hydrogen-bond acceptors (Lipinski definition) is 4. The first-order valence-electron chi connectivity index (χ1n) is 5.87. The molecule has 0 spiro atoms. The summed E-state index contributed by atoms with van der Waals surface area (Å²) in [5.74, 6) is -0.605. The molecule has 1 rings (SSSR count). The molecule has 0 bridgehead atoms. The van der Waals surface area contributed by atoms with Crippen molar-refractivity contribution in [2.75, 3.05) is 0 Å². The highest BCUT2D eigenvalue weighted by Crippen LogP contribution is 2.39. The van der Waals surface area contributed by atoms with Crippen LogP contribution in [-0.2, 0) is 19.1 Å². The second-order valence-corrected chi connectivity index (χ2v) is 4.40. The molecule has 1 saturated carbocycles. The van der Waals surface area contributed by atoms with Crippen LogP contribution in [0.3, 0.4) is 0 Å². The molecule has 2 atom stereocenters. The molecule has 0 amide bonds. The molecule has 1 aliphatic carbocycles. The molecule has 0 aromatic heterocycles. The second kappa shape index (κ2) is 5.32. The lowest BCUT2D eigenvalue weighted by atomic mass is 9.93. The highest BCUT2D eigenvalue weighted by molar-refractivity contribution is 5.68. The number of esters is 2. The number of carbonyl (C=O) groups excluding carboxylic acids is 2. The summed E-state index contributed by atoms with van der Waals surface area (Å²) in [7, 11) is 0. The summed E-state index contributed by atoms with van der Waals surface area (Å²) in [6.07, 6.45) is 3.90. The van der Waals surface area contributed by atoms with Gasteiger partial charge in [-0.25, -0.2) is 0 Å². The van der Waals surface area contributed by atoms with Crippen LogP contribution in [-0.4, -0.2) is 23.6 Å². The number of hydrogen-bond donors (Lipinski definition) is 0. The van der Waals surface area contributed by atoms with E-state index < -0.39 is 5.60 Å². The predicted octanol–water partition coefficient (Wildman–Crippen LogP) is 2.20. The first kappa shape index (κ1) is 13.0. The highest BCUT2D eigenvalue weighted by Gasteiger charge is 2.47. The summed E-state index contributed by atoms with van der Waals surface area (Å²) in [6.45, 7) is 4.83. The Hall–Kier alpha value is -1.06. The Balaban J connectivity index is 2.79. The molecule has 16 heavy (non-hydrogen) atoms. The van der Waals surface area contributed by atoms with E-state index in [1.54, 1.807) is 0 Å². The molecule has 0 saturated heterocycles. The average Bonchev–Trinajstić information content (AvgIpc) is 2.47. The maximum absolute atomic E-state index is 11.1. The molecule has 0 N–H and O–H groups in total. The molecule has 1 aliphatic rings. The Morgan fingerprint density at radius 3 is 2.50 bits per heavy atom. The zero-order chi connectivity index (χ0) is 12.2. The van der Waals surface area contributed by atoms with Crippen molar-refractivity contribution >= 4 is 11.9 Å². The van der Waals surface area contributed by atoms with E-state index in [1.807, 2.05) is 6.92 Å². The lowest BCUT2D eigenvalue weighted by Crippen LogP contribution is -2.44. The Morgan fingerprint density at radius 1 is 1.31 bits per heavy atom. The van der Waals surface area contributed by atoms with Gasteiger partial charge in [0.05, 0.1) is 0 Å². The van der Waals surface area contributed by atoms with Gasteiger partial charge in [-0.1, -0.05) is 13.3 Å². The van der Waals surface area contributed by atoms with Crippen LogP contribution in [0.15, 0.2) is 0 Å². The summed E-state index contributed by atoms with van der Waals surface area (Å²) in [5.41, 5.74) is -0.577. The average molecular weight is 228 g/mol. The van der Waals surface area contributed by atoms with Gasteiger partial charge in [0.25, 0.3) is 0 Å². The van der Waals surface area contributed by atoms with E-state index in [0.29, 0.717) is 0 Å². The molecule has 4 heteroatoms. The molecule has 4 nitrogen and oxygen atoms in total. The quantitative estimate of drug-likeness (QED) is 0.692. The van der Waals surface area contributed by atoms with Gasteiger partial charge >= 0.3 is 11.9 Å². The van der Waals surface area contributed by atoms with Gasteiger partial charge in [0, 0.05) is 13.8 Å². The van der Waals surface area contributed by atoms with Crippen molar-refractivity contribution in [2.45, 2.75) is 64.6 Å². The number of carbonyl (C=O) groups is 2. The van der Waals surface area contributed by atoms with Gasteiger partial charge in [0.1, 0.15) is 11.7 Å². The van der Waals surface area contributed by atoms with Crippen LogP contribution in [0.5, 0.6) is 0 Å². The SMILES string of the molecule is CCCC1(OC(C)=O)CCCC1OC(C)=O. The molecule has 0 aromatic rings. The van der Waals surface area contributed by atoms with Crippen molar-refractivity contribution in [1.29, 1.82) is 0 Å². The first-order valence-corrected chi connectivity index (χ1v) is 5.87. The van der Waals surface area contributed by atoms with Crippen molar-refractivity contribution in [3.05, 3.63) is 0 Å². The number of ether oxygens (including phenoxy) is 2. The third kappa shape index (κ3) is 2.97. The minimum Gasteiger partial charge on any atom is -0.458 e. The highest BCUT2D eigenvalue weighted by atomic mass is 16.6. The zero-order valence-electron chi connectivity index (χ0n) is 10.2. The molecule has 92 valence electrons. The fourth-order valence-corrected chi connectivity index (χ4v) is 2.54. The maximum atomic E-state index is 11.1. The van der Waals surface area contributed by atoms with Gasteiger partial charge in [-0.15, -0.1) is 0 Å². The Kier molecular flexibility index (Phi) is 4.33. The van der Waals surface area contributed by atoms with E-state index in [2.05, 4.69) is 0 Å². The summed E-state index contributed by atoms with van der Waals surface area (Å²) in [4.78, 5) is 22.2. The Morgan fingerprint density at radius 2 is 2.00 bits per heavy atom. The largest absolute Gasteiger partial charge is 0.458 e. The van der Waals surface area contributed by atoms with Crippen LogP contribution >= 0.6 is 0 Å². The van der Waals surface area contributed by atoms with Crippen LogP contribution in [0, 0.1) is 0 Å². The second-order valence-electron chi connectivity index (χ2n) is 4.40. The van der Waals surface area contributed by atoms with E-state index in [0.717, 1.165) is 32.1 Å². The molecular formula is C12H20O4. The van der Waals surface area contributed by atoms with Gasteiger partial charge < -0.3 is 9.47 Å². The maximum Gasteiger partial charge on any atom is 0.303 e. The molecular weight excluding hydrogens is 208 g/mol. The smallest absolute Gasteiger partial charge is 0.303 e. The van der Waals surface area contributed by atoms with E-state index in [-0.39, 0.29) is 18.0 Å². The van der Waals surface area contributed by atoms with E-state index >= 15 is 0 Å². The van der Waals surface area contributed by atoms with Gasteiger partial charge in [-0.05, 0) is 25.7 Å². The van der Waals surface area contributed by atoms with Gasteiger partial charge in [-0.3, -0.25) is 9.59 Å². The molecule has 0 heterocycles. The summed E-state index contributed by atoms with van der Waals surface area (Å²) in [6, 6.07) is 0. The van der Waals surface area contributed by atoms with Gasteiger partial charge in [-0.2, -0.15) is 0 Å². The minimum absolute atomic E-state index is 0.270. The molecule has 0 aromatic carbocycles. The van der Waals surface area contributed by atoms with Crippen molar-refractivity contribution in [2.24, 2.45) is 0 Å². The van der Waals surface area contributed by atoms with Crippen LogP contribution in [0.4, 0.5) is 0 Å². The van der Waals surface area contributed by atoms with Crippen molar-refractivity contribution < 1.29 is 19.1 Å². The Labute approximate surface area is 96.3 Å². The summed E-state index contributed by atoms with van der Waals surface area (Å²) < 4.78 is 10.7. The van der Waals surface area contributed by atoms with E-state index in [9.17, 15) is 9.59 Å². The Bertz CT molecular complexity index is 274. The van der Waals surface area contributed by atoms with E-state index in [1.165, 1.54) is 13.8 Å². The normalized spacial score (nSPS) is 28.8. The van der Waals surface area contributed by atoms with Gasteiger partial charge in [0.15, 0.2) is 0 Å². The van der Waals surface area contributed by atoms with Crippen molar-refractivity contribution in [3.63, 3.8) is 0 Å². The third-order valence-corrected chi connectivity index (χ3v) is 2.98. The lowest BCUT2D eigenvalue weighted by molar-refractivity contribution is -0.180. The predicted molar refractivity (Wildman–Crippen MR) is 58.8 cm³/mol. The summed E-state index contributed by atoms with van der Waals surface area (Å²) in [5, 5.41) is 0. The molecule has 2 unspecified atom stereocenters. The van der Waals surface area contributed by atoms with Crippen LogP contribution in [0.2, 0.25) is 0 Å². The fourth-order valence-electron chi connectivity index (χ4n) is 2.54. The van der Waals surface area contributed by atoms with Crippen LogP contribution < -0.4 is 0 Å². The van der Waals surface area contributed by atoms with Gasteiger partial charge in [0.2, 0.25) is 0 Å². The van der Waals surface area contributed by atoms with Crippen molar-refractivity contribution in [1.82, 2.24) is 0 Å². The monoisotopic (exact) mass is 228 g/mol. The zero-order valence-corrected chi connectivity index (χ0v) is 10.2. The number of rotatable bonds is 4. The molecule has 0 aliphatic heterocycles. The van der Waals surface area contributed by atoms with Crippen molar-refractivity contribution in [3.8, 4) is 0 Å². The first-order chi connectivity index (χ1) is 7.50. The van der Waals surface area contributed by atoms with Crippen LogP contribution in [0.1, 0.15) is 52.9 Å². The topological polar surface area (TPSA) is 52.6 Å². The standard InChI is InChI=1S/C12H20O4/c1-4-7-12(16-10(3)14)8-5-6-11(12)15-9(2)13/h11H,4-8H2,1-3H3. The van der Waals surface area contributed by atoms with Crippen LogP contribution in [0.25, 0.3) is 0 Å². The van der Waals surface area contributed by atoms with E-state index in [4.69, 9.17) is 9.47 Å². The lowest BCUT2D eigenvalue weighted by Gasteiger charge is -2.33. The minimum atomic E-state index is -0.577. The molecule has 0 radical (unpaired) electrons. The summed E-state index contributed by atoms with van der Waals surface area (Å²) >= 11 is 0.